The fourth-order valence-electron chi connectivity index (χ4n) is 5.41. The maximum Gasteiger partial charge on any atom is 0.200 e. The quantitative estimate of drug-likeness (QED) is 0.409. The van der Waals surface area contributed by atoms with Crippen LogP contribution in [0.15, 0.2) is 12.1 Å². The van der Waals surface area contributed by atoms with E-state index in [0.717, 1.165) is 30.6 Å². The number of halogens is 2. The second-order valence-electron chi connectivity index (χ2n) is 9.38. The minimum atomic E-state index is -0.843. The number of rotatable bonds is 8. The molecule has 28 heavy (non-hydrogen) atoms. The Morgan fingerprint density at radius 2 is 1.43 bits per heavy atom. The van der Waals surface area contributed by atoms with E-state index < -0.39 is 11.6 Å². The highest BCUT2D eigenvalue weighted by Crippen LogP contribution is 2.42. The Labute approximate surface area is 170 Å². The van der Waals surface area contributed by atoms with Gasteiger partial charge < -0.3 is 4.74 Å². The van der Waals surface area contributed by atoms with E-state index in [0.29, 0.717) is 18.1 Å². The first kappa shape index (κ1) is 21.6. The van der Waals surface area contributed by atoms with Crippen molar-refractivity contribution in [3.63, 3.8) is 0 Å². The van der Waals surface area contributed by atoms with Gasteiger partial charge in [0.2, 0.25) is 5.82 Å². The molecule has 1 aromatic rings. The van der Waals surface area contributed by atoms with Gasteiger partial charge in [0.25, 0.3) is 0 Å². The molecule has 2 fully saturated rings. The van der Waals surface area contributed by atoms with Gasteiger partial charge in [-0.3, -0.25) is 0 Å². The van der Waals surface area contributed by atoms with Gasteiger partial charge in [-0.15, -0.1) is 0 Å². The Bertz CT molecular complexity index is 599. The third-order valence-electron chi connectivity index (χ3n) is 7.38. The summed E-state index contributed by atoms with van der Waals surface area (Å²) >= 11 is 0. The second-order valence-corrected chi connectivity index (χ2v) is 9.38. The van der Waals surface area contributed by atoms with Gasteiger partial charge in [0.1, 0.15) is 0 Å². The number of unbranched alkanes of at least 4 members (excludes halogenated alkanes) is 2. The second kappa shape index (κ2) is 10.6. The van der Waals surface area contributed by atoms with E-state index in [1.807, 2.05) is 0 Å². The van der Waals surface area contributed by atoms with Gasteiger partial charge in [-0.25, -0.2) is 4.39 Å². The molecule has 0 aromatic heterocycles. The molecule has 0 aliphatic heterocycles. The average molecular weight is 393 g/mol. The van der Waals surface area contributed by atoms with Crippen molar-refractivity contribution in [2.75, 3.05) is 6.61 Å². The molecule has 1 aromatic carbocycles. The van der Waals surface area contributed by atoms with Gasteiger partial charge >= 0.3 is 0 Å². The molecule has 0 bridgehead atoms. The lowest BCUT2D eigenvalue weighted by Gasteiger charge is -2.38. The zero-order valence-corrected chi connectivity index (χ0v) is 17.8. The van der Waals surface area contributed by atoms with Crippen LogP contribution in [-0.4, -0.2) is 6.61 Å². The molecule has 2 aliphatic rings. The molecule has 3 heteroatoms. The molecule has 0 heterocycles. The predicted molar refractivity (Wildman–Crippen MR) is 112 cm³/mol. The third-order valence-corrected chi connectivity index (χ3v) is 7.38. The monoisotopic (exact) mass is 392 g/mol. The molecule has 0 radical (unpaired) electrons. The molecular formula is C25H38F2O. The van der Waals surface area contributed by atoms with Gasteiger partial charge in [0.15, 0.2) is 11.6 Å². The van der Waals surface area contributed by atoms with E-state index in [9.17, 15) is 8.78 Å². The normalized spacial score (nSPS) is 28.3. The van der Waals surface area contributed by atoms with Crippen molar-refractivity contribution in [2.24, 2.45) is 23.7 Å². The van der Waals surface area contributed by atoms with Gasteiger partial charge in [-0.1, -0.05) is 51.5 Å². The number of benzene rings is 1. The fourth-order valence-corrected chi connectivity index (χ4v) is 5.41. The van der Waals surface area contributed by atoms with E-state index in [1.54, 1.807) is 19.1 Å². The lowest BCUT2D eigenvalue weighted by Crippen LogP contribution is -2.27. The highest BCUT2D eigenvalue weighted by molar-refractivity contribution is 5.30. The summed E-state index contributed by atoms with van der Waals surface area (Å²) < 4.78 is 33.3. The highest BCUT2D eigenvalue weighted by atomic mass is 19.2. The van der Waals surface area contributed by atoms with Crippen molar-refractivity contribution in [2.45, 2.75) is 90.9 Å². The van der Waals surface area contributed by atoms with Crippen molar-refractivity contribution in [3.8, 4) is 5.75 Å². The fraction of sp³-hybridized carbons (Fsp3) is 0.760. The van der Waals surface area contributed by atoms with Crippen molar-refractivity contribution < 1.29 is 13.5 Å². The molecule has 0 atom stereocenters. The highest BCUT2D eigenvalue weighted by Gasteiger charge is 2.31. The first-order chi connectivity index (χ1) is 13.6. The van der Waals surface area contributed by atoms with Crippen LogP contribution in [0.25, 0.3) is 0 Å². The van der Waals surface area contributed by atoms with E-state index in [-0.39, 0.29) is 5.75 Å². The predicted octanol–water partition coefficient (Wildman–Crippen LogP) is 7.85. The van der Waals surface area contributed by atoms with Crippen LogP contribution in [0.3, 0.4) is 0 Å². The summed E-state index contributed by atoms with van der Waals surface area (Å²) in [6.07, 6.45) is 16.2. The lowest BCUT2D eigenvalue weighted by atomic mass is 9.69. The van der Waals surface area contributed by atoms with Crippen molar-refractivity contribution in [3.05, 3.63) is 29.3 Å². The molecular weight excluding hydrogens is 354 g/mol. The first-order valence-electron chi connectivity index (χ1n) is 11.7. The summed E-state index contributed by atoms with van der Waals surface area (Å²) in [4.78, 5) is 0. The Balaban J connectivity index is 1.37. The molecule has 0 spiro atoms. The van der Waals surface area contributed by atoms with E-state index >= 15 is 0 Å². The van der Waals surface area contributed by atoms with E-state index in [1.165, 1.54) is 64.2 Å². The zero-order valence-electron chi connectivity index (χ0n) is 17.8. The van der Waals surface area contributed by atoms with Crippen LogP contribution in [0, 0.1) is 42.2 Å². The Kier molecular flexibility index (Phi) is 8.17. The molecule has 0 amide bonds. The zero-order chi connectivity index (χ0) is 19.9. The molecule has 158 valence electrons. The number of ether oxygens (including phenoxy) is 1. The Hall–Kier alpha value is -1.12. The van der Waals surface area contributed by atoms with Crippen LogP contribution < -0.4 is 4.74 Å². The van der Waals surface area contributed by atoms with E-state index in [2.05, 4.69) is 6.92 Å². The molecule has 0 unspecified atom stereocenters. The van der Waals surface area contributed by atoms with Crippen LogP contribution >= 0.6 is 0 Å². The van der Waals surface area contributed by atoms with Gasteiger partial charge in [0.05, 0.1) is 6.61 Å². The first-order valence-corrected chi connectivity index (χ1v) is 11.7. The van der Waals surface area contributed by atoms with Crippen molar-refractivity contribution in [1.29, 1.82) is 0 Å². The third kappa shape index (κ3) is 5.70. The van der Waals surface area contributed by atoms with Crippen LogP contribution in [0.1, 0.15) is 89.5 Å². The summed E-state index contributed by atoms with van der Waals surface area (Å²) in [7, 11) is 0. The maximum atomic E-state index is 14.0. The van der Waals surface area contributed by atoms with E-state index in [4.69, 9.17) is 4.74 Å². The van der Waals surface area contributed by atoms with Crippen molar-refractivity contribution >= 4 is 0 Å². The van der Waals surface area contributed by atoms with Crippen LogP contribution in [0.5, 0.6) is 5.75 Å². The number of hydrogen-bond donors (Lipinski definition) is 0. The Morgan fingerprint density at radius 1 is 0.821 bits per heavy atom. The van der Waals surface area contributed by atoms with Crippen LogP contribution in [-0.2, 0) is 0 Å². The lowest BCUT2D eigenvalue weighted by molar-refractivity contribution is 0.120. The Morgan fingerprint density at radius 3 is 2.04 bits per heavy atom. The largest absolute Gasteiger partial charge is 0.490 e. The van der Waals surface area contributed by atoms with Crippen LogP contribution in [0.4, 0.5) is 8.78 Å². The summed E-state index contributed by atoms with van der Waals surface area (Å²) in [6, 6.07) is 3.14. The number of hydrogen-bond acceptors (Lipinski definition) is 1. The van der Waals surface area contributed by atoms with Crippen molar-refractivity contribution in [1.82, 2.24) is 0 Å². The maximum absolute atomic E-state index is 14.0. The van der Waals surface area contributed by atoms with Crippen LogP contribution in [0.2, 0.25) is 0 Å². The SMILES string of the molecule is CCCCCC1CCC(C2CCC(COc3ccc(C)c(F)c3F)CC2)CC1. The minimum Gasteiger partial charge on any atom is -0.490 e. The summed E-state index contributed by atoms with van der Waals surface area (Å²) in [5.41, 5.74) is 0.324. The topological polar surface area (TPSA) is 9.23 Å². The molecule has 2 saturated carbocycles. The molecule has 0 saturated heterocycles. The molecule has 0 N–H and O–H groups in total. The molecule has 2 aliphatic carbocycles. The molecule has 1 nitrogen and oxygen atoms in total. The van der Waals surface area contributed by atoms with Gasteiger partial charge in [-0.2, -0.15) is 4.39 Å². The summed E-state index contributed by atoms with van der Waals surface area (Å²) in [5.74, 6) is 1.69. The summed E-state index contributed by atoms with van der Waals surface area (Å²) in [6.45, 7) is 4.37. The smallest absolute Gasteiger partial charge is 0.200 e. The minimum absolute atomic E-state index is 0.0617. The number of aryl methyl sites for hydroxylation is 1. The average Bonchev–Trinajstić information content (AvgIpc) is 2.73. The molecule has 3 rings (SSSR count). The summed E-state index contributed by atoms with van der Waals surface area (Å²) in [5, 5.41) is 0. The van der Waals surface area contributed by atoms with Gasteiger partial charge in [0, 0.05) is 0 Å². The standard InChI is InChI=1S/C25H38F2O/c1-3-4-5-6-19-8-12-21(13-9-19)22-14-10-20(11-15-22)17-28-23-16-7-18(2)24(26)25(23)27/h7,16,19-22H,3-6,8-15,17H2,1-2H3. The van der Waals surface area contributed by atoms with Gasteiger partial charge in [-0.05, 0) is 80.8 Å².